The van der Waals surface area contributed by atoms with E-state index >= 15 is 0 Å². The predicted octanol–water partition coefficient (Wildman–Crippen LogP) is 1.65. The molecule has 2 saturated carbocycles. The summed E-state index contributed by atoms with van der Waals surface area (Å²) in [6, 6.07) is 0. The van der Waals surface area contributed by atoms with Gasteiger partial charge in [-0.2, -0.15) is 0 Å². The lowest BCUT2D eigenvalue weighted by Crippen LogP contribution is -2.65. The maximum absolute atomic E-state index is 13.8. The third-order valence-electron chi connectivity index (χ3n) is 8.60. The van der Waals surface area contributed by atoms with Crippen LogP contribution in [0.25, 0.3) is 0 Å². The summed E-state index contributed by atoms with van der Waals surface area (Å²) in [6.07, 6.45) is -0.849. The fraction of sp³-hybridized carbons (Fsp3) is 0.654. The van der Waals surface area contributed by atoms with Gasteiger partial charge in [0.25, 0.3) is 0 Å². The minimum Gasteiger partial charge on any atom is -0.459 e. The first-order valence-corrected chi connectivity index (χ1v) is 12.5. The molecule has 0 aromatic carbocycles. The number of ketones is 1. The van der Waals surface area contributed by atoms with Gasteiger partial charge in [0.2, 0.25) is 0 Å². The Labute approximate surface area is 219 Å². The largest absolute Gasteiger partial charge is 0.459 e. The lowest BCUT2D eigenvalue weighted by Gasteiger charge is -2.47. The highest BCUT2D eigenvalue weighted by Crippen LogP contribution is 2.75. The van der Waals surface area contributed by atoms with Crippen LogP contribution in [0.15, 0.2) is 24.3 Å². The molecule has 0 spiro atoms. The van der Waals surface area contributed by atoms with Crippen LogP contribution in [-0.4, -0.2) is 69.7 Å². The number of allylic oxidation sites excluding steroid dienone is 1. The first-order chi connectivity index (χ1) is 17.0. The van der Waals surface area contributed by atoms with Crippen LogP contribution in [-0.2, 0) is 42.9 Å². The fourth-order valence-electron chi connectivity index (χ4n) is 6.87. The van der Waals surface area contributed by atoms with Gasteiger partial charge in [0.1, 0.15) is 12.2 Å². The van der Waals surface area contributed by atoms with Gasteiger partial charge in [0, 0.05) is 26.7 Å². The van der Waals surface area contributed by atoms with Crippen LogP contribution in [0.5, 0.6) is 0 Å². The molecule has 3 aliphatic carbocycles. The molecule has 202 valence electrons. The molecule has 0 bridgehead atoms. The Morgan fingerprint density at radius 3 is 2.19 bits per heavy atom. The Bertz CT molecular complexity index is 1130. The standard InChI is InChI=1S/C26H31ClO10/c1-10-16(34-12(3)28)9-8-15-17-20(31)25(7,37-14(5)30)19(24(15,17)6)22(35-13(4)29)26(33)11(2)23(32)36-21(26)18(10)27/h8-9,11,15-19,21-22,33H,1H2,2-7H3. The SMILES string of the molecule is C=C1C(OC(C)=O)C=CC2C3C(=O)C(C)(OC(C)=O)C(C(OC(C)=O)C4(O)C(C)C(=O)OC4C1Cl)C23C. The van der Waals surface area contributed by atoms with Crippen molar-refractivity contribution in [2.45, 2.75) is 76.4 Å². The summed E-state index contributed by atoms with van der Waals surface area (Å²) in [7, 11) is 0. The van der Waals surface area contributed by atoms with E-state index in [1.807, 2.05) is 0 Å². The average Bonchev–Trinajstić information content (AvgIpc) is 3.23. The van der Waals surface area contributed by atoms with Crippen LogP contribution in [0, 0.1) is 29.1 Å². The molecule has 11 atom stereocenters. The lowest BCUT2D eigenvalue weighted by molar-refractivity contribution is -0.214. The zero-order valence-corrected chi connectivity index (χ0v) is 22.2. The molecule has 1 aliphatic heterocycles. The highest BCUT2D eigenvalue weighted by Gasteiger charge is 2.84. The van der Waals surface area contributed by atoms with Gasteiger partial charge in [-0.05, 0) is 36.8 Å². The summed E-state index contributed by atoms with van der Waals surface area (Å²) in [5, 5.41) is 11.0. The molecule has 0 aromatic rings. The molecule has 11 heteroatoms. The van der Waals surface area contributed by atoms with Crippen molar-refractivity contribution in [3.05, 3.63) is 24.3 Å². The molecule has 0 amide bonds. The van der Waals surface area contributed by atoms with Crippen molar-refractivity contribution in [1.82, 2.24) is 0 Å². The zero-order valence-electron chi connectivity index (χ0n) is 21.5. The lowest BCUT2D eigenvalue weighted by atomic mass is 9.66. The number of fused-ring (bicyclic) bond motifs is 2. The number of carbonyl (C=O) groups excluding carboxylic acids is 5. The van der Waals surface area contributed by atoms with Gasteiger partial charge < -0.3 is 24.1 Å². The topological polar surface area (TPSA) is 143 Å². The first kappa shape index (κ1) is 27.3. The fourth-order valence-corrected chi connectivity index (χ4v) is 7.25. The monoisotopic (exact) mass is 538 g/mol. The molecule has 11 unspecified atom stereocenters. The Hall–Kier alpha value is -2.72. The minimum absolute atomic E-state index is 0.116. The average molecular weight is 539 g/mol. The number of Topliss-reactive ketones (excluding diaryl/α,β-unsaturated/α-hetero) is 1. The molecule has 1 N–H and O–H groups in total. The molecule has 37 heavy (non-hydrogen) atoms. The Morgan fingerprint density at radius 2 is 1.65 bits per heavy atom. The number of ether oxygens (including phenoxy) is 4. The highest BCUT2D eigenvalue weighted by molar-refractivity contribution is 6.23. The summed E-state index contributed by atoms with van der Waals surface area (Å²) < 4.78 is 22.3. The molecule has 1 saturated heterocycles. The molecular weight excluding hydrogens is 508 g/mol. The van der Waals surface area contributed by atoms with Crippen molar-refractivity contribution >= 4 is 41.3 Å². The smallest absolute Gasteiger partial charge is 0.312 e. The molecule has 10 nitrogen and oxygen atoms in total. The van der Waals surface area contributed by atoms with E-state index in [0.717, 1.165) is 13.8 Å². The zero-order chi connectivity index (χ0) is 27.8. The van der Waals surface area contributed by atoms with Crippen molar-refractivity contribution in [3.63, 3.8) is 0 Å². The number of hydrogen-bond donors (Lipinski definition) is 1. The Balaban J connectivity index is 2.00. The highest BCUT2D eigenvalue weighted by atomic mass is 35.5. The maximum Gasteiger partial charge on any atom is 0.312 e. The van der Waals surface area contributed by atoms with Gasteiger partial charge in [0.05, 0.1) is 17.2 Å². The summed E-state index contributed by atoms with van der Waals surface area (Å²) in [5.41, 5.74) is -4.90. The normalized spacial score (nSPS) is 46.2. The van der Waals surface area contributed by atoms with Gasteiger partial charge in [0.15, 0.2) is 23.1 Å². The van der Waals surface area contributed by atoms with E-state index in [1.165, 1.54) is 20.8 Å². The van der Waals surface area contributed by atoms with Crippen molar-refractivity contribution in [1.29, 1.82) is 0 Å². The third kappa shape index (κ3) is 3.74. The number of alkyl halides is 1. The summed E-state index contributed by atoms with van der Waals surface area (Å²) >= 11 is 6.74. The Morgan fingerprint density at radius 1 is 1.05 bits per heavy atom. The molecule has 0 radical (unpaired) electrons. The number of rotatable bonds is 3. The number of esters is 4. The van der Waals surface area contributed by atoms with Gasteiger partial charge in [-0.3, -0.25) is 24.0 Å². The predicted molar refractivity (Wildman–Crippen MR) is 127 cm³/mol. The molecule has 4 aliphatic rings. The van der Waals surface area contributed by atoms with E-state index < -0.39 is 93.6 Å². The van der Waals surface area contributed by atoms with Crippen molar-refractivity contribution < 1.29 is 48.0 Å². The number of hydrogen-bond acceptors (Lipinski definition) is 10. The van der Waals surface area contributed by atoms with Crippen LogP contribution in [0.4, 0.5) is 0 Å². The van der Waals surface area contributed by atoms with E-state index in [2.05, 4.69) is 6.58 Å². The van der Waals surface area contributed by atoms with Crippen LogP contribution < -0.4 is 0 Å². The number of carbonyl (C=O) groups is 5. The van der Waals surface area contributed by atoms with Crippen molar-refractivity contribution in [2.75, 3.05) is 0 Å². The Kier molecular flexibility index (Phi) is 6.39. The second-order valence-corrected chi connectivity index (χ2v) is 11.3. The van der Waals surface area contributed by atoms with Gasteiger partial charge in [-0.25, -0.2) is 0 Å². The second-order valence-electron chi connectivity index (χ2n) is 10.8. The van der Waals surface area contributed by atoms with Crippen LogP contribution in [0.3, 0.4) is 0 Å². The molecule has 4 rings (SSSR count). The number of halogens is 1. The van der Waals surface area contributed by atoms with E-state index in [1.54, 1.807) is 19.1 Å². The second kappa shape index (κ2) is 8.66. The molecular formula is C26H31ClO10. The van der Waals surface area contributed by atoms with E-state index in [4.69, 9.17) is 30.5 Å². The first-order valence-electron chi connectivity index (χ1n) is 12.0. The number of aliphatic hydroxyl groups is 1. The van der Waals surface area contributed by atoms with E-state index in [9.17, 15) is 29.1 Å². The molecule has 1 heterocycles. The van der Waals surface area contributed by atoms with Crippen molar-refractivity contribution in [3.8, 4) is 0 Å². The summed E-state index contributed by atoms with van der Waals surface area (Å²) in [6.45, 7) is 12.0. The quantitative estimate of drug-likeness (QED) is 0.244. The van der Waals surface area contributed by atoms with Gasteiger partial charge in [-0.1, -0.05) is 19.6 Å². The van der Waals surface area contributed by atoms with Crippen LogP contribution in [0.2, 0.25) is 0 Å². The maximum atomic E-state index is 13.8. The van der Waals surface area contributed by atoms with Gasteiger partial charge >= 0.3 is 23.9 Å². The van der Waals surface area contributed by atoms with Crippen molar-refractivity contribution in [2.24, 2.45) is 29.1 Å². The van der Waals surface area contributed by atoms with E-state index in [0.29, 0.717) is 0 Å². The summed E-state index contributed by atoms with van der Waals surface area (Å²) in [4.78, 5) is 63.0. The minimum atomic E-state index is -2.26. The third-order valence-corrected chi connectivity index (χ3v) is 9.11. The van der Waals surface area contributed by atoms with Gasteiger partial charge in [-0.15, -0.1) is 11.6 Å². The summed E-state index contributed by atoms with van der Waals surface area (Å²) in [5.74, 6) is -6.82. The molecule has 0 aromatic heterocycles. The van der Waals surface area contributed by atoms with E-state index in [-0.39, 0.29) is 5.57 Å². The van der Waals surface area contributed by atoms with Crippen LogP contribution >= 0.6 is 11.6 Å². The molecule has 3 fully saturated rings. The van der Waals surface area contributed by atoms with Crippen LogP contribution in [0.1, 0.15) is 41.5 Å².